The van der Waals surface area contributed by atoms with Crippen LogP contribution in [0.1, 0.15) is 124 Å². The number of aryl methyl sites for hydroxylation is 1. The van der Waals surface area contributed by atoms with Gasteiger partial charge in [-0.25, -0.2) is 0 Å². The largest absolute Gasteiger partial charge is 0.462 e. The summed E-state index contributed by atoms with van der Waals surface area (Å²) in [6.45, 7) is 14.8. The summed E-state index contributed by atoms with van der Waals surface area (Å²) in [6, 6.07) is 10.6. The molecule has 0 bridgehead atoms. The first kappa shape index (κ1) is 31.6. The lowest BCUT2D eigenvalue weighted by atomic mass is 9.47. The Kier molecular flexibility index (Phi) is 10.1. The van der Waals surface area contributed by atoms with Crippen molar-refractivity contribution in [1.82, 2.24) is 0 Å². The number of benzene rings is 1. The molecule has 0 unspecified atom stereocenters. The number of hydrogen-bond acceptors (Lipinski definition) is 2. The monoisotopic (exact) mass is 572 g/mol. The van der Waals surface area contributed by atoms with E-state index < -0.39 is 0 Å². The van der Waals surface area contributed by atoms with E-state index in [1.165, 1.54) is 50.5 Å². The van der Waals surface area contributed by atoms with Gasteiger partial charge in [0.2, 0.25) is 0 Å². The number of carbonyl (C=O) groups excluding carboxylic acids is 1. The minimum absolute atomic E-state index is 0.0122. The molecular weight excluding hydrogens is 512 g/mol. The summed E-state index contributed by atoms with van der Waals surface area (Å²) >= 11 is 0. The van der Waals surface area contributed by atoms with Crippen LogP contribution in [0, 0.1) is 52.3 Å². The molecule has 5 rings (SSSR count). The maximum Gasteiger partial charge on any atom is 0.306 e. The second-order valence-electron chi connectivity index (χ2n) is 15.6. The number of carbonyl (C=O) groups is 1. The van der Waals surface area contributed by atoms with E-state index in [2.05, 4.69) is 90.1 Å². The number of fused-ring (bicyclic) bond motifs is 5. The Morgan fingerprint density at radius 1 is 0.976 bits per heavy atom. The molecule has 1 aromatic rings. The van der Waals surface area contributed by atoms with Gasteiger partial charge in [0.15, 0.2) is 0 Å². The first-order valence-electron chi connectivity index (χ1n) is 17.8. The van der Waals surface area contributed by atoms with Gasteiger partial charge in [-0.1, -0.05) is 95.7 Å². The fraction of sp³-hybridized carbons (Fsp3) is 0.725. The Bertz CT molecular complexity index is 1100. The average molecular weight is 573 g/mol. The van der Waals surface area contributed by atoms with Gasteiger partial charge in [-0.15, -0.1) is 0 Å². The van der Waals surface area contributed by atoms with Crippen molar-refractivity contribution in [2.75, 3.05) is 0 Å². The standard InChI is InChI=1S/C40H60O2/c1-7-31(28(2)3)18-17-29(4)35-21-22-36-34-20-19-32-27-33(23-25-39(32,5)37(34)24-26-40(35,36)6)42-38(41)16-12-11-15-30-13-9-8-10-14-30/h8-10,13-14,17-19,28-29,31,33-37H,7,11-12,15-16,20-27H2,1-6H3/t29-,31-,33+,34+,35-,36+,37+,39+,40-/m1/s1. The molecule has 4 aliphatic rings. The number of hydrogen-bond donors (Lipinski definition) is 0. The van der Waals surface area contributed by atoms with Crippen molar-refractivity contribution >= 4 is 5.97 Å². The highest BCUT2D eigenvalue weighted by molar-refractivity contribution is 5.69. The van der Waals surface area contributed by atoms with Crippen molar-refractivity contribution < 1.29 is 9.53 Å². The smallest absolute Gasteiger partial charge is 0.306 e. The fourth-order valence-corrected chi connectivity index (χ4v) is 10.4. The topological polar surface area (TPSA) is 26.3 Å². The Morgan fingerprint density at radius 2 is 1.76 bits per heavy atom. The van der Waals surface area contributed by atoms with Crippen molar-refractivity contribution in [1.29, 1.82) is 0 Å². The van der Waals surface area contributed by atoms with E-state index in [9.17, 15) is 4.79 Å². The molecule has 2 heteroatoms. The Balaban J connectivity index is 1.16. The predicted molar refractivity (Wildman–Crippen MR) is 176 cm³/mol. The summed E-state index contributed by atoms with van der Waals surface area (Å²) in [7, 11) is 0. The first-order chi connectivity index (χ1) is 20.2. The van der Waals surface area contributed by atoms with Crippen LogP contribution < -0.4 is 0 Å². The van der Waals surface area contributed by atoms with Crippen molar-refractivity contribution in [3.05, 3.63) is 59.7 Å². The minimum atomic E-state index is 0.0122. The third-order valence-corrected chi connectivity index (χ3v) is 13.0. The third-order valence-electron chi connectivity index (χ3n) is 13.0. The number of unbranched alkanes of at least 4 members (excludes halogenated alkanes) is 1. The van der Waals surface area contributed by atoms with Crippen molar-refractivity contribution in [2.45, 2.75) is 131 Å². The van der Waals surface area contributed by atoms with Gasteiger partial charge in [0.25, 0.3) is 0 Å². The van der Waals surface area contributed by atoms with Crippen LogP contribution in [0.4, 0.5) is 0 Å². The Hall–Kier alpha value is -1.83. The van der Waals surface area contributed by atoms with E-state index >= 15 is 0 Å². The molecule has 9 atom stereocenters. The molecule has 0 amide bonds. The molecule has 3 saturated carbocycles. The van der Waals surface area contributed by atoms with Gasteiger partial charge in [0.1, 0.15) is 6.10 Å². The summed E-state index contributed by atoms with van der Waals surface area (Å²) in [4.78, 5) is 12.7. The van der Waals surface area contributed by atoms with Crippen LogP contribution in [-0.2, 0) is 16.0 Å². The second kappa shape index (κ2) is 13.4. The molecule has 0 saturated heterocycles. The van der Waals surface area contributed by atoms with Crippen LogP contribution in [0.3, 0.4) is 0 Å². The molecule has 0 aliphatic heterocycles. The van der Waals surface area contributed by atoms with Gasteiger partial charge in [-0.05, 0) is 128 Å². The summed E-state index contributed by atoms with van der Waals surface area (Å²) < 4.78 is 6.08. The van der Waals surface area contributed by atoms with Crippen molar-refractivity contribution in [3.63, 3.8) is 0 Å². The summed E-state index contributed by atoms with van der Waals surface area (Å²) in [6.07, 6.45) is 22.7. The predicted octanol–water partition coefficient (Wildman–Crippen LogP) is 10.8. The highest BCUT2D eigenvalue weighted by Gasteiger charge is 2.59. The lowest BCUT2D eigenvalue weighted by Gasteiger charge is -2.58. The van der Waals surface area contributed by atoms with Gasteiger partial charge in [0, 0.05) is 12.8 Å². The zero-order valence-electron chi connectivity index (χ0n) is 27.7. The number of esters is 1. The van der Waals surface area contributed by atoms with Crippen molar-refractivity contribution in [2.24, 2.45) is 52.3 Å². The lowest BCUT2D eigenvalue weighted by molar-refractivity contribution is -0.151. The minimum Gasteiger partial charge on any atom is -0.462 e. The van der Waals surface area contributed by atoms with E-state index in [4.69, 9.17) is 4.74 Å². The Morgan fingerprint density at radius 3 is 2.50 bits per heavy atom. The molecule has 42 heavy (non-hydrogen) atoms. The molecule has 0 heterocycles. The molecule has 0 aromatic heterocycles. The molecule has 3 fully saturated rings. The average Bonchev–Trinajstić information content (AvgIpc) is 3.33. The molecule has 2 nitrogen and oxygen atoms in total. The van der Waals surface area contributed by atoms with Gasteiger partial charge in [-0.3, -0.25) is 4.79 Å². The third kappa shape index (κ3) is 6.49. The molecule has 0 N–H and O–H groups in total. The Labute approximate surface area is 258 Å². The highest BCUT2D eigenvalue weighted by atomic mass is 16.5. The molecular formula is C40H60O2. The van der Waals surface area contributed by atoms with E-state index in [0.717, 1.165) is 61.7 Å². The SMILES string of the molecule is CC[C@H](C=C[C@@H](C)[C@H]1CC[C@H]2[C@@H]3CC=C4C[C@@H](OC(=O)CCCCc5ccccc5)CC[C@]4(C)[C@H]3CC[C@]12C)C(C)C. The summed E-state index contributed by atoms with van der Waals surface area (Å²) in [5, 5.41) is 0. The number of rotatable bonds is 11. The maximum absolute atomic E-state index is 12.7. The maximum atomic E-state index is 12.7. The fourth-order valence-electron chi connectivity index (χ4n) is 10.4. The molecule has 4 aliphatic carbocycles. The summed E-state index contributed by atoms with van der Waals surface area (Å²) in [5.41, 5.74) is 3.76. The quantitative estimate of drug-likeness (QED) is 0.150. The van der Waals surface area contributed by atoms with Gasteiger partial charge in [-0.2, -0.15) is 0 Å². The molecule has 1 aromatic carbocycles. The zero-order valence-corrected chi connectivity index (χ0v) is 27.7. The lowest BCUT2D eigenvalue weighted by Crippen LogP contribution is -2.51. The number of ether oxygens (including phenoxy) is 1. The van der Waals surface area contributed by atoms with Crippen LogP contribution in [0.2, 0.25) is 0 Å². The van der Waals surface area contributed by atoms with Crippen molar-refractivity contribution in [3.8, 4) is 0 Å². The zero-order chi connectivity index (χ0) is 29.9. The van der Waals surface area contributed by atoms with Crippen LogP contribution in [0.25, 0.3) is 0 Å². The van der Waals surface area contributed by atoms with E-state index in [-0.39, 0.29) is 12.1 Å². The van der Waals surface area contributed by atoms with Crippen LogP contribution in [0.5, 0.6) is 0 Å². The molecule has 0 spiro atoms. The second-order valence-corrected chi connectivity index (χ2v) is 15.6. The van der Waals surface area contributed by atoms with Gasteiger partial charge < -0.3 is 4.74 Å². The van der Waals surface area contributed by atoms with E-state index in [0.29, 0.717) is 29.1 Å². The summed E-state index contributed by atoms with van der Waals surface area (Å²) in [5.74, 6) is 5.46. The first-order valence-corrected chi connectivity index (χ1v) is 17.8. The van der Waals surface area contributed by atoms with Crippen LogP contribution >= 0.6 is 0 Å². The molecule has 232 valence electrons. The highest BCUT2D eigenvalue weighted by Crippen LogP contribution is 2.67. The van der Waals surface area contributed by atoms with Gasteiger partial charge >= 0.3 is 5.97 Å². The normalized spacial score (nSPS) is 35.7. The van der Waals surface area contributed by atoms with E-state index in [1.807, 2.05) is 0 Å². The molecule has 0 radical (unpaired) electrons. The van der Waals surface area contributed by atoms with Crippen LogP contribution in [0.15, 0.2) is 54.1 Å². The van der Waals surface area contributed by atoms with Gasteiger partial charge in [0.05, 0.1) is 0 Å². The number of allylic oxidation sites excluding steroid dienone is 3. The van der Waals surface area contributed by atoms with Crippen LogP contribution in [-0.4, -0.2) is 12.1 Å². The van der Waals surface area contributed by atoms with E-state index in [1.54, 1.807) is 5.57 Å².